The summed E-state index contributed by atoms with van der Waals surface area (Å²) < 4.78 is 0. The van der Waals surface area contributed by atoms with E-state index in [1.807, 2.05) is 11.8 Å². The Kier molecular flexibility index (Phi) is 3.74. The molecule has 1 saturated carbocycles. The van der Waals surface area contributed by atoms with Crippen molar-refractivity contribution in [3.8, 4) is 0 Å². The minimum absolute atomic E-state index is 0.675. The van der Waals surface area contributed by atoms with Crippen LogP contribution in [0.25, 0.3) is 0 Å². The summed E-state index contributed by atoms with van der Waals surface area (Å²) >= 11 is 1.94. The van der Waals surface area contributed by atoms with Crippen LogP contribution in [0.2, 0.25) is 0 Å². The molecule has 2 rings (SSSR count). The molecule has 0 aromatic heterocycles. The Hall–Kier alpha value is 0.270. The van der Waals surface area contributed by atoms with Crippen LogP contribution in [0.4, 0.5) is 0 Å². The van der Waals surface area contributed by atoms with Gasteiger partial charge in [0.1, 0.15) is 0 Å². The Morgan fingerprint density at radius 1 is 1.43 bits per heavy atom. The zero-order valence-electron chi connectivity index (χ0n) is 9.33. The highest BCUT2D eigenvalue weighted by atomic mass is 32.2. The second-order valence-electron chi connectivity index (χ2n) is 4.73. The van der Waals surface area contributed by atoms with Crippen LogP contribution in [0, 0.1) is 0 Å². The fourth-order valence-corrected chi connectivity index (χ4v) is 2.99. The first kappa shape index (κ1) is 10.8. The smallest absolute Gasteiger partial charge is 0.0210 e. The van der Waals surface area contributed by atoms with Crippen LogP contribution in [0.5, 0.6) is 0 Å². The van der Waals surface area contributed by atoms with Gasteiger partial charge in [-0.1, -0.05) is 0 Å². The first-order valence-electron chi connectivity index (χ1n) is 5.78. The van der Waals surface area contributed by atoms with Crippen LogP contribution in [0.1, 0.15) is 26.2 Å². The van der Waals surface area contributed by atoms with E-state index in [4.69, 9.17) is 0 Å². The Labute approximate surface area is 91.8 Å². The van der Waals surface area contributed by atoms with Gasteiger partial charge in [-0.25, -0.2) is 0 Å². The zero-order chi connectivity index (χ0) is 9.97. The van der Waals surface area contributed by atoms with Crippen LogP contribution in [-0.2, 0) is 0 Å². The van der Waals surface area contributed by atoms with Gasteiger partial charge in [-0.05, 0) is 32.4 Å². The minimum Gasteiger partial charge on any atom is -0.309 e. The molecule has 0 bridgehead atoms. The second-order valence-corrected chi connectivity index (χ2v) is 5.65. The molecular formula is C11H22N2S. The molecule has 0 radical (unpaired) electrons. The Bertz CT molecular complexity index is 182. The van der Waals surface area contributed by atoms with Crippen molar-refractivity contribution >= 4 is 11.8 Å². The summed E-state index contributed by atoms with van der Waals surface area (Å²) in [5.41, 5.74) is 0. The van der Waals surface area contributed by atoms with Gasteiger partial charge in [-0.3, -0.25) is 4.90 Å². The van der Waals surface area contributed by atoms with Gasteiger partial charge in [0.25, 0.3) is 0 Å². The Morgan fingerprint density at radius 3 is 2.86 bits per heavy atom. The van der Waals surface area contributed by atoms with Crippen molar-refractivity contribution in [1.29, 1.82) is 0 Å². The summed E-state index contributed by atoms with van der Waals surface area (Å²) in [4.78, 5) is 2.67. The van der Waals surface area contributed by atoms with Gasteiger partial charge in [-0.2, -0.15) is 11.8 Å². The molecule has 1 N–H and O–H groups in total. The zero-order valence-corrected chi connectivity index (χ0v) is 10.1. The fraction of sp³-hybridized carbons (Fsp3) is 1.00. The monoisotopic (exact) mass is 214 g/mol. The third kappa shape index (κ3) is 2.88. The predicted molar refractivity (Wildman–Crippen MR) is 64.0 cm³/mol. The lowest BCUT2D eigenvalue weighted by atomic mass is 10.2. The summed E-state index contributed by atoms with van der Waals surface area (Å²) in [6.45, 7) is 4.92. The van der Waals surface area contributed by atoms with Gasteiger partial charge in [0.15, 0.2) is 0 Å². The SMILES string of the molecule is CSCC(C)NC1CCN(C2CC2)C1. The average molecular weight is 214 g/mol. The highest BCUT2D eigenvalue weighted by Gasteiger charge is 2.34. The lowest BCUT2D eigenvalue weighted by Gasteiger charge is -2.19. The van der Waals surface area contributed by atoms with Crippen LogP contribution in [0.15, 0.2) is 0 Å². The molecule has 0 spiro atoms. The van der Waals surface area contributed by atoms with Gasteiger partial charge in [-0.15, -0.1) is 0 Å². The summed E-state index contributed by atoms with van der Waals surface area (Å²) in [5, 5.41) is 3.73. The van der Waals surface area contributed by atoms with E-state index in [1.165, 1.54) is 38.1 Å². The fourth-order valence-electron chi connectivity index (χ4n) is 2.40. The number of likely N-dealkylation sites (tertiary alicyclic amines) is 1. The van der Waals surface area contributed by atoms with Gasteiger partial charge in [0.2, 0.25) is 0 Å². The summed E-state index contributed by atoms with van der Waals surface area (Å²) in [6, 6.07) is 2.39. The molecule has 1 aliphatic carbocycles. The molecule has 1 heterocycles. The molecule has 0 aromatic carbocycles. The number of rotatable bonds is 5. The van der Waals surface area contributed by atoms with Crippen LogP contribution in [-0.4, -0.2) is 48.1 Å². The highest BCUT2D eigenvalue weighted by Crippen LogP contribution is 2.29. The third-order valence-electron chi connectivity index (χ3n) is 3.22. The molecular weight excluding hydrogens is 192 g/mol. The van der Waals surface area contributed by atoms with Crippen molar-refractivity contribution in [2.75, 3.05) is 25.1 Å². The van der Waals surface area contributed by atoms with Gasteiger partial charge < -0.3 is 5.32 Å². The van der Waals surface area contributed by atoms with Gasteiger partial charge >= 0.3 is 0 Å². The molecule has 1 saturated heterocycles. The molecule has 2 aliphatic rings. The van der Waals surface area contributed by atoms with E-state index in [0.29, 0.717) is 6.04 Å². The van der Waals surface area contributed by atoms with E-state index < -0.39 is 0 Å². The Balaban J connectivity index is 1.67. The topological polar surface area (TPSA) is 15.3 Å². The van der Waals surface area contributed by atoms with Crippen LogP contribution in [0.3, 0.4) is 0 Å². The van der Waals surface area contributed by atoms with Crippen molar-refractivity contribution < 1.29 is 0 Å². The molecule has 2 fully saturated rings. The first-order valence-corrected chi connectivity index (χ1v) is 7.18. The van der Waals surface area contributed by atoms with Crippen molar-refractivity contribution in [2.45, 2.75) is 44.3 Å². The van der Waals surface area contributed by atoms with Crippen molar-refractivity contribution in [2.24, 2.45) is 0 Å². The molecule has 0 amide bonds. The molecule has 3 heteroatoms. The van der Waals surface area contributed by atoms with Gasteiger partial charge in [0, 0.05) is 37.0 Å². The second kappa shape index (κ2) is 4.86. The first-order chi connectivity index (χ1) is 6.79. The summed E-state index contributed by atoms with van der Waals surface area (Å²) in [5.74, 6) is 1.24. The highest BCUT2D eigenvalue weighted by molar-refractivity contribution is 7.98. The number of thioether (sulfide) groups is 1. The van der Waals surface area contributed by atoms with Crippen molar-refractivity contribution in [3.05, 3.63) is 0 Å². The van der Waals surface area contributed by atoms with E-state index in [0.717, 1.165) is 12.1 Å². The third-order valence-corrected chi connectivity index (χ3v) is 4.05. The maximum absolute atomic E-state index is 3.73. The number of nitrogens with zero attached hydrogens (tertiary/aromatic N) is 1. The molecule has 82 valence electrons. The number of hydrogen-bond donors (Lipinski definition) is 1. The number of hydrogen-bond acceptors (Lipinski definition) is 3. The van der Waals surface area contributed by atoms with Crippen LogP contribution >= 0.6 is 11.8 Å². The largest absolute Gasteiger partial charge is 0.309 e. The molecule has 1 aliphatic heterocycles. The molecule has 2 nitrogen and oxygen atoms in total. The van der Waals surface area contributed by atoms with E-state index in [1.54, 1.807) is 0 Å². The Morgan fingerprint density at radius 2 is 2.21 bits per heavy atom. The van der Waals surface area contributed by atoms with E-state index in [9.17, 15) is 0 Å². The van der Waals surface area contributed by atoms with Crippen LogP contribution < -0.4 is 5.32 Å². The van der Waals surface area contributed by atoms with Crippen molar-refractivity contribution in [1.82, 2.24) is 10.2 Å². The van der Waals surface area contributed by atoms with E-state index in [-0.39, 0.29) is 0 Å². The molecule has 14 heavy (non-hydrogen) atoms. The minimum atomic E-state index is 0.675. The quantitative estimate of drug-likeness (QED) is 0.748. The maximum atomic E-state index is 3.73. The number of nitrogens with one attached hydrogen (secondary N) is 1. The van der Waals surface area contributed by atoms with Gasteiger partial charge in [0.05, 0.1) is 0 Å². The summed E-state index contributed by atoms with van der Waals surface area (Å²) in [6.07, 6.45) is 6.44. The van der Waals surface area contributed by atoms with E-state index in [2.05, 4.69) is 23.4 Å². The molecule has 0 aromatic rings. The lowest BCUT2D eigenvalue weighted by molar-refractivity contribution is 0.315. The summed E-state index contributed by atoms with van der Waals surface area (Å²) in [7, 11) is 0. The lowest BCUT2D eigenvalue weighted by Crippen LogP contribution is -2.40. The average Bonchev–Trinajstić information content (AvgIpc) is 2.89. The molecule has 2 atom stereocenters. The predicted octanol–water partition coefficient (Wildman–Crippen LogP) is 1.56. The standard InChI is InChI=1S/C11H22N2S/c1-9(8-14-2)12-10-5-6-13(7-10)11-3-4-11/h9-12H,3-8H2,1-2H3. The maximum Gasteiger partial charge on any atom is 0.0210 e. The normalized spacial score (nSPS) is 30.9. The van der Waals surface area contributed by atoms with Crippen molar-refractivity contribution in [3.63, 3.8) is 0 Å². The molecule has 2 unspecified atom stereocenters. The van der Waals surface area contributed by atoms with E-state index >= 15 is 0 Å².